The monoisotopic (exact) mass is 213 g/mol. The molecule has 0 fully saturated rings. The Balaban J connectivity index is 3.49. The second kappa shape index (κ2) is 7.05. The zero-order valence-electron chi connectivity index (χ0n) is 9.85. The molecule has 1 atom stereocenters. The molecular weight excluding hydrogens is 190 g/mol. The molecule has 0 aromatic heterocycles. The van der Waals surface area contributed by atoms with E-state index in [0.29, 0.717) is 12.5 Å². The van der Waals surface area contributed by atoms with Gasteiger partial charge in [0.25, 0.3) is 0 Å². The Morgan fingerprint density at radius 3 is 2.50 bits per heavy atom. The summed E-state index contributed by atoms with van der Waals surface area (Å²) in [5.74, 6) is 3.79. The summed E-state index contributed by atoms with van der Waals surface area (Å²) in [7, 11) is -1.16. The van der Waals surface area contributed by atoms with Crippen LogP contribution in [0.25, 0.3) is 0 Å². The van der Waals surface area contributed by atoms with E-state index in [4.69, 9.17) is 5.21 Å². The molecule has 2 N–H and O–H groups in total. The van der Waals surface area contributed by atoms with Crippen molar-refractivity contribution in [3.05, 3.63) is 0 Å². The van der Waals surface area contributed by atoms with Gasteiger partial charge in [-0.3, -0.25) is 0 Å². The third-order valence-electron chi connectivity index (χ3n) is 1.90. The maximum atomic E-state index is 8.47. The first-order chi connectivity index (χ1) is 6.45. The third-order valence-corrected chi connectivity index (χ3v) is 2.83. The maximum Gasteiger partial charge on any atom is 0.129 e. The molecule has 0 saturated carbocycles. The van der Waals surface area contributed by atoms with Crippen molar-refractivity contribution in [1.82, 2.24) is 5.48 Å². The van der Waals surface area contributed by atoms with Gasteiger partial charge in [0.2, 0.25) is 0 Å². The zero-order valence-corrected chi connectivity index (χ0v) is 10.9. The third kappa shape index (κ3) is 9.78. The molecule has 1 unspecified atom stereocenters. The SMILES string of the molecule is CC(CCCC#C[Si](C)(C)C)CNO. The normalized spacial score (nSPS) is 13.2. The summed E-state index contributed by atoms with van der Waals surface area (Å²) in [5, 5.41) is 8.47. The molecule has 0 amide bonds. The molecule has 0 bridgehead atoms. The lowest BCUT2D eigenvalue weighted by Crippen LogP contribution is -2.17. The van der Waals surface area contributed by atoms with Crippen LogP contribution in [-0.2, 0) is 0 Å². The Labute approximate surface area is 89.1 Å². The van der Waals surface area contributed by atoms with Crippen LogP contribution < -0.4 is 5.48 Å². The number of nitrogens with one attached hydrogen (secondary N) is 1. The first-order valence-electron chi connectivity index (χ1n) is 5.32. The Hall–Kier alpha value is -0.303. The van der Waals surface area contributed by atoms with Gasteiger partial charge >= 0.3 is 0 Å². The maximum absolute atomic E-state index is 8.47. The molecule has 0 radical (unpaired) electrons. The lowest BCUT2D eigenvalue weighted by Gasteiger charge is -2.07. The Morgan fingerprint density at radius 2 is 2.00 bits per heavy atom. The standard InChI is InChI=1S/C11H23NOSi/c1-11(10-12-13)8-6-5-7-9-14(2,3)4/h11-13H,5-6,8,10H2,1-4H3. The summed E-state index contributed by atoms with van der Waals surface area (Å²) < 4.78 is 0. The lowest BCUT2D eigenvalue weighted by molar-refractivity contribution is 0.149. The average molecular weight is 213 g/mol. The fraction of sp³-hybridized carbons (Fsp3) is 0.818. The Bertz CT molecular complexity index is 200. The average Bonchev–Trinajstić information content (AvgIpc) is 2.02. The summed E-state index contributed by atoms with van der Waals surface area (Å²) in [6.45, 7) is 9.60. The molecule has 0 heterocycles. The van der Waals surface area contributed by atoms with Crippen LogP contribution in [0.4, 0.5) is 0 Å². The number of hydrogen-bond donors (Lipinski definition) is 2. The van der Waals surface area contributed by atoms with Gasteiger partial charge in [0.15, 0.2) is 0 Å². The number of hydrogen-bond acceptors (Lipinski definition) is 2. The minimum Gasteiger partial charge on any atom is -0.317 e. The molecule has 0 aromatic rings. The highest BCUT2D eigenvalue weighted by Crippen LogP contribution is 2.06. The number of rotatable bonds is 5. The van der Waals surface area contributed by atoms with Crippen molar-refractivity contribution in [2.75, 3.05) is 6.54 Å². The minimum absolute atomic E-state index is 0.536. The second-order valence-electron chi connectivity index (χ2n) is 4.91. The fourth-order valence-corrected chi connectivity index (χ4v) is 1.78. The van der Waals surface area contributed by atoms with Gasteiger partial charge in [0, 0.05) is 13.0 Å². The van der Waals surface area contributed by atoms with E-state index in [1.165, 1.54) is 0 Å². The van der Waals surface area contributed by atoms with Crippen LogP contribution in [0.2, 0.25) is 19.6 Å². The second-order valence-corrected chi connectivity index (χ2v) is 9.66. The van der Waals surface area contributed by atoms with Crippen molar-refractivity contribution in [1.29, 1.82) is 0 Å². The smallest absolute Gasteiger partial charge is 0.129 e. The van der Waals surface area contributed by atoms with Gasteiger partial charge in [-0.05, 0) is 18.8 Å². The Morgan fingerprint density at radius 1 is 1.36 bits per heavy atom. The molecule has 0 aliphatic heterocycles. The summed E-state index contributed by atoms with van der Waals surface area (Å²) in [6.07, 6.45) is 3.27. The van der Waals surface area contributed by atoms with Crippen molar-refractivity contribution in [2.45, 2.75) is 45.8 Å². The molecule has 0 saturated heterocycles. The molecule has 14 heavy (non-hydrogen) atoms. The zero-order chi connectivity index (χ0) is 11.0. The van der Waals surface area contributed by atoms with Crippen molar-refractivity contribution in [3.8, 4) is 11.5 Å². The summed E-state index contributed by atoms with van der Waals surface area (Å²) in [6, 6.07) is 0. The summed E-state index contributed by atoms with van der Waals surface area (Å²) >= 11 is 0. The topological polar surface area (TPSA) is 32.3 Å². The predicted molar refractivity (Wildman–Crippen MR) is 63.9 cm³/mol. The highest BCUT2D eigenvalue weighted by molar-refractivity contribution is 6.83. The van der Waals surface area contributed by atoms with Crippen molar-refractivity contribution >= 4 is 8.07 Å². The number of unbranched alkanes of at least 4 members (excludes halogenated alkanes) is 1. The van der Waals surface area contributed by atoms with E-state index >= 15 is 0 Å². The predicted octanol–water partition coefficient (Wildman–Crippen LogP) is 2.65. The summed E-state index contributed by atoms with van der Waals surface area (Å²) in [4.78, 5) is 0. The van der Waals surface area contributed by atoms with Gasteiger partial charge in [0.1, 0.15) is 8.07 Å². The highest BCUT2D eigenvalue weighted by atomic mass is 28.3. The number of hydroxylamine groups is 1. The molecule has 82 valence electrons. The molecule has 0 aliphatic carbocycles. The van der Waals surface area contributed by atoms with Gasteiger partial charge in [-0.1, -0.05) is 26.6 Å². The minimum atomic E-state index is -1.16. The van der Waals surface area contributed by atoms with Crippen LogP contribution >= 0.6 is 0 Å². The molecule has 0 aromatic carbocycles. The van der Waals surface area contributed by atoms with Gasteiger partial charge in [-0.25, -0.2) is 5.48 Å². The molecular formula is C11H23NOSi. The van der Waals surface area contributed by atoms with Crippen LogP contribution in [0.1, 0.15) is 26.2 Å². The molecule has 3 heteroatoms. The van der Waals surface area contributed by atoms with Gasteiger partial charge < -0.3 is 5.21 Å². The van der Waals surface area contributed by atoms with E-state index in [1.54, 1.807) is 0 Å². The van der Waals surface area contributed by atoms with E-state index in [2.05, 4.69) is 43.5 Å². The van der Waals surface area contributed by atoms with Crippen molar-refractivity contribution in [2.24, 2.45) is 5.92 Å². The van der Waals surface area contributed by atoms with E-state index in [-0.39, 0.29) is 0 Å². The quantitative estimate of drug-likeness (QED) is 0.318. The van der Waals surface area contributed by atoms with Crippen LogP contribution in [-0.4, -0.2) is 19.8 Å². The van der Waals surface area contributed by atoms with Crippen LogP contribution in [0.15, 0.2) is 0 Å². The van der Waals surface area contributed by atoms with Crippen LogP contribution in [0, 0.1) is 17.4 Å². The first-order valence-corrected chi connectivity index (χ1v) is 8.82. The van der Waals surface area contributed by atoms with Crippen LogP contribution in [0.3, 0.4) is 0 Å². The van der Waals surface area contributed by atoms with Gasteiger partial charge in [0.05, 0.1) is 0 Å². The Kier molecular flexibility index (Phi) is 6.90. The van der Waals surface area contributed by atoms with E-state index < -0.39 is 8.07 Å². The van der Waals surface area contributed by atoms with E-state index in [9.17, 15) is 0 Å². The fourth-order valence-electron chi connectivity index (χ4n) is 1.12. The van der Waals surface area contributed by atoms with Gasteiger partial charge in [-0.15, -0.1) is 11.5 Å². The molecule has 0 aliphatic rings. The summed E-state index contributed by atoms with van der Waals surface area (Å²) in [5.41, 5.74) is 5.55. The van der Waals surface area contributed by atoms with E-state index in [0.717, 1.165) is 19.3 Å². The molecule has 2 nitrogen and oxygen atoms in total. The van der Waals surface area contributed by atoms with Crippen LogP contribution in [0.5, 0.6) is 0 Å². The largest absolute Gasteiger partial charge is 0.317 e. The first kappa shape index (κ1) is 13.7. The lowest BCUT2D eigenvalue weighted by atomic mass is 10.1. The van der Waals surface area contributed by atoms with Gasteiger partial charge in [-0.2, -0.15) is 0 Å². The van der Waals surface area contributed by atoms with E-state index in [1.807, 2.05) is 0 Å². The highest BCUT2D eigenvalue weighted by Gasteiger charge is 2.07. The molecule has 0 spiro atoms. The van der Waals surface area contributed by atoms with Crippen molar-refractivity contribution < 1.29 is 5.21 Å². The molecule has 0 rings (SSSR count). The van der Waals surface area contributed by atoms with Crippen molar-refractivity contribution in [3.63, 3.8) is 0 Å².